The summed E-state index contributed by atoms with van der Waals surface area (Å²) in [6.45, 7) is 4.52. The monoisotopic (exact) mass is 480 g/mol. The summed E-state index contributed by atoms with van der Waals surface area (Å²) in [6, 6.07) is 12.3. The highest BCUT2D eigenvalue weighted by atomic mass is 35.5. The molecule has 1 aromatic heterocycles. The van der Waals surface area contributed by atoms with E-state index in [1.54, 1.807) is 25.3 Å². The number of aromatic nitrogens is 3. The van der Waals surface area contributed by atoms with Crippen molar-refractivity contribution in [2.75, 3.05) is 18.2 Å². The zero-order chi connectivity index (χ0) is 22.4. The standard InChI is InChI=1S/C21H22Cl2N4O3S/c1-4-27-20(13(2)30-16-7-5-6-15(11-16)29-3)25-26-21(27)31-12-19(28)24-18-10-14(22)8-9-17(18)23/h5-11,13H,4,12H2,1-3H3,(H,24,28). The lowest BCUT2D eigenvalue weighted by Gasteiger charge is -2.16. The molecular weight excluding hydrogens is 459 g/mol. The van der Waals surface area contributed by atoms with Crippen molar-refractivity contribution in [2.45, 2.75) is 31.7 Å². The molecule has 0 bridgehead atoms. The molecule has 0 saturated heterocycles. The van der Waals surface area contributed by atoms with Crippen molar-refractivity contribution in [2.24, 2.45) is 0 Å². The van der Waals surface area contributed by atoms with Crippen molar-refractivity contribution in [1.29, 1.82) is 0 Å². The van der Waals surface area contributed by atoms with Crippen LogP contribution in [-0.4, -0.2) is 33.5 Å². The number of benzene rings is 2. The van der Waals surface area contributed by atoms with Crippen molar-refractivity contribution in [3.63, 3.8) is 0 Å². The van der Waals surface area contributed by atoms with Crippen molar-refractivity contribution >= 4 is 46.6 Å². The molecule has 3 rings (SSSR count). The molecule has 1 unspecified atom stereocenters. The molecule has 31 heavy (non-hydrogen) atoms. The quantitative estimate of drug-likeness (QED) is 0.408. The van der Waals surface area contributed by atoms with E-state index in [9.17, 15) is 4.79 Å². The Labute approximate surface area is 195 Å². The van der Waals surface area contributed by atoms with E-state index in [-0.39, 0.29) is 17.8 Å². The Balaban J connectivity index is 1.65. The predicted octanol–water partition coefficient (Wildman–Crippen LogP) is 5.48. The second-order valence-electron chi connectivity index (χ2n) is 6.49. The number of anilines is 1. The maximum absolute atomic E-state index is 12.4. The van der Waals surface area contributed by atoms with Gasteiger partial charge in [0, 0.05) is 17.6 Å². The lowest BCUT2D eigenvalue weighted by atomic mass is 10.3. The number of thioether (sulfide) groups is 1. The molecule has 164 valence electrons. The fraction of sp³-hybridized carbons (Fsp3) is 0.286. The SMILES string of the molecule is CCn1c(SCC(=O)Nc2cc(Cl)ccc2Cl)nnc1C(C)Oc1cccc(OC)c1. The van der Waals surface area contributed by atoms with Gasteiger partial charge in [0.2, 0.25) is 5.91 Å². The van der Waals surface area contributed by atoms with Gasteiger partial charge < -0.3 is 19.4 Å². The highest BCUT2D eigenvalue weighted by Gasteiger charge is 2.20. The van der Waals surface area contributed by atoms with Crippen LogP contribution in [0, 0.1) is 0 Å². The zero-order valence-corrected chi connectivity index (χ0v) is 19.6. The number of halogens is 2. The number of ether oxygens (including phenoxy) is 2. The van der Waals surface area contributed by atoms with Crippen LogP contribution < -0.4 is 14.8 Å². The Morgan fingerprint density at radius 2 is 1.97 bits per heavy atom. The number of methoxy groups -OCH3 is 1. The molecule has 10 heteroatoms. The maximum Gasteiger partial charge on any atom is 0.234 e. The molecule has 0 aliphatic heterocycles. The number of hydrogen-bond acceptors (Lipinski definition) is 6. The summed E-state index contributed by atoms with van der Waals surface area (Å²) in [6.07, 6.45) is -0.340. The summed E-state index contributed by atoms with van der Waals surface area (Å²) in [4.78, 5) is 12.4. The molecule has 0 saturated carbocycles. The number of nitrogens with one attached hydrogen (secondary N) is 1. The molecule has 1 N–H and O–H groups in total. The van der Waals surface area contributed by atoms with Crippen LogP contribution >= 0.6 is 35.0 Å². The third-order valence-corrected chi connectivity index (χ3v) is 5.85. The summed E-state index contributed by atoms with van der Waals surface area (Å²) in [5.41, 5.74) is 0.470. The Kier molecular flexibility index (Phi) is 8.06. The highest BCUT2D eigenvalue weighted by Crippen LogP contribution is 2.28. The Bertz CT molecular complexity index is 1060. The van der Waals surface area contributed by atoms with Crippen molar-refractivity contribution in [3.05, 3.63) is 58.3 Å². The fourth-order valence-electron chi connectivity index (χ4n) is 2.85. The molecule has 1 amide bonds. The molecule has 1 heterocycles. The van der Waals surface area contributed by atoms with Gasteiger partial charge in [0.05, 0.1) is 23.6 Å². The summed E-state index contributed by atoms with van der Waals surface area (Å²) < 4.78 is 13.2. The van der Waals surface area contributed by atoms with Crippen LogP contribution in [0.1, 0.15) is 25.8 Å². The topological polar surface area (TPSA) is 78.3 Å². The second-order valence-corrected chi connectivity index (χ2v) is 8.27. The van der Waals surface area contributed by atoms with Crippen molar-refractivity contribution in [1.82, 2.24) is 14.8 Å². The van der Waals surface area contributed by atoms with E-state index in [4.69, 9.17) is 32.7 Å². The first-order valence-corrected chi connectivity index (χ1v) is 11.3. The average molecular weight is 481 g/mol. The normalized spacial score (nSPS) is 11.8. The lowest BCUT2D eigenvalue weighted by molar-refractivity contribution is -0.113. The third kappa shape index (κ3) is 6.06. The number of amides is 1. The van der Waals surface area contributed by atoms with E-state index < -0.39 is 0 Å². The molecule has 7 nitrogen and oxygen atoms in total. The molecule has 0 radical (unpaired) electrons. The van der Waals surface area contributed by atoms with E-state index in [0.717, 1.165) is 0 Å². The number of nitrogens with zero attached hydrogens (tertiary/aromatic N) is 3. The molecular formula is C21H22Cl2N4O3S. The highest BCUT2D eigenvalue weighted by molar-refractivity contribution is 7.99. The van der Waals surface area contributed by atoms with Gasteiger partial charge in [-0.25, -0.2) is 0 Å². The van der Waals surface area contributed by atoms with Crippen LogP contribution in [-0.2, 0) is 11.3 Å². The van der Waals surface area contributed by atoms with Gasteiger partial charge in [-0.05, 0) is 44.2 Å². The molecule has 0 spiro atoms. The number of rotatable bonds is 9. The smallest absolute Gasteiger partial charge is 0.234 e. The number of carbonyl (C=O) groups is 1. The minimum Gasteiger partial charge on any atom is -0.497 e. The van der Waals surface area contributed by atoms with Crippen LogP contribution in [0.2, 0.25) is 10.0 Å². The first kappa shape index (κ1) is 23.2. The van der Waals surface area contributed by atoms with Crippen molar-refractivity contribution < 1.29 is 14.3 Å². The van der Waals surface area contributed by atoms with Gasteiger partial charge >= 0.3 is 0 Å². The van der Waals surface area contributed by atoms with Crippen LogP contribution in [0.15, 0.2) is 47.6 Å². The third-order valence-electron chi connectivity index (χ3n) is 4.31. The molecule has 1 atom stereocenters. The Morgan fingerprint density at radius 3 is 2.71 bits per heavy atom. The summed E-state index contributed by atoms with van der Waals surface area (Å²) in [5, 5.41) is 12.8. The first-order valence-electron chi connectivity index (χ1n) is 9.52. The van der Waals surface area contributed by atoms with Gasteiger partial charge in [-0.15, -0.1) is 10.2 Å². The minimum absolute atomic E-state index is 0.145. The lowest BCUT2D eigenvalue weighted by Crippen LogP contribution is -2.15. The van der Waals surface area contributed by atoms with Crippen LogP contribution in [0.3, 0.4) is 0 Å². The fourth-order valence-corrected chi connectivity index (χ4v) is 3.99. The molecule has 0 aliphatic carbocycles. The van der Waals surface area contributed by atoms with E-state index in [2.05, 4.69) is 15.5 Å². The summed E-state index contributed by atoms with van der Waals surface area (Å²) in [7, 11) is 1.61. The van der Waals surface area contributed by atoms with Gasteiger partial charge in [-0.2, -0.15) is 0 Å². The second kappa shape index (κ2) is 10.7. The predicted molar refractivity (Wildman–Crippen MR) is 124 cm³/mol. The van der Waals surface area contributed by atoms with Gasteiger partial charge in [0.15, 0.2) is 17.1 Å². The number of hydrogen-bond donors (Lipinski definition) is 1. The maximum atomic E-state index is 12.4. The van der Waals surface area contributed by atoms with Crippen LogP contribution in [0.4, 0.5) is 5.69 Å². The van der Waals surface area contributed by atoms with E-state index >= 15 is 0 Å². The van der Waals surface area contributed by atoms with Crippen molar-refractivity contribution in [3.8, 4) is 11.5 Å². The Morgan fingerprint density at radius 1 is 1.19 bits per heavy atom. The Hall–Kier alpha value is -2.42. The minimum atomic E-state index is -0.340. The molecule has 2 aromatic carbocycles. The van der Waals surface area contributed by atoms with Crippen LogP contribution in [0.25, 0.3) is 0 Å². The largest absolute Gasteiger partial charge is 0.497 e. The van der Waals surface area contributed by atoms with E-state index in [1.807, 2.05) is 42.7 Å². The van der Waals surface area contributed by atoms with Gasteiger partial charge in [-0.1, -0.05) is 41.0 Å². The molecule has 0 fully saturated rings. The summed E-state index contributed by atoms with van der Waals surface area (Å²) in [5.74, 6) is 1.98. The zero-order valence-electron chi connectivity index (χ0n) is 17.3. The molecule has 3 aromatic rings. The van der Waals surface area contributed by atoms with E-state index in [0.29, 0.717) is 44.8 Å². The van der Waals surface area contributed by atoms with Gasteiger partial charge in [0.25, 0.3) is 0 Å². The molecule has 0 aliphatic rings. The van der Waals surface area contributed by atoms with Gasteiger partial charge in [0.1, 0.15) is 11.5 Å². The van der Waals surface area contributed by atoms with E-state index in [1.165, 1.54) is 11.8 Å². The van der Waals surface area contributed by atoms with Gasteiger partial charge in [-0.3, -0.25) is 4.79 Å². The summed E-state index contributed by atoms with van der Waals surface area (Å²) >= 11 is 13.4. The average Bonchev–Trinajstić information content (AvgIpc) is 3.18. The number of carbonyl (C=O) groups excluding carboxylic acids is 1. The van der Waals surface area contributed by atoms with Crippen LogP contribution in [0.5, 0.6) is 11.5 Å². The first-order chi connectivity index (χ1) is 14.9.